The quantitative estimate of drug-likeness (QED) is 0.633. The van der Waals surface area contributed by atoms with Crippen molar-refractivity contribution >= 4 is 0 Å². The molecule has 0 aliphatic heterocycles. The Balaban J connectivity index is 1.73. The molecule has 0 bridgehead atoms. The molecule has 102 valence electrons. The molecular weight excluding hydrogens is 228 g/mol. The van der Waals surface area contributed by atoms with Crippen molar-refractivity contribution in [3.05, 3.63) is 35.4 Å². The van der Waals surface area contributed by atoms with Gasteiger partial charge in [-0.05, 0) is 42.4 Å². The Morgan fingerprint density at radius 3 is 2.11 bits per heavy atom. The Kier molecular flexibility index (Phi) is 5.52. The lowest BCUT2D eigenvalue weighted by molar-refractivity contribution is 0.252. The number of terminal acetylenes is 1. The van der Waals surface area contributed by atoms with Crippen molar-refractivity contribution in [2.75, 3.05) is 0 Å². The highest BCUT2D eigenvalue weighted by Crippen LogP contribution is 2.33. The van der Waals surface area contributed by atoms with Gasteiger partial charge in [-0.15, -0.1) is 6.42 Å². The average molecular weight is 254 g/mol. The van der Waals surface area contributed by atoms with E-state index in [2.05, 4.69) is 37.1 Å². The fourth-order valence-electron chi connectivity index (χ4n) is 3.36. The van der Waals surface area contributed by atoms with Gasteiger partial charge in [-0.3, -0.25) is 0 Å². The minimum absolute atomic E-state index is 0.959. The third-order valence-corrected chi connectivity index (χ3v) is 4.63. The van der Waals surface area contributed by atoms with Crippen LogP contribution in [0.15, 0.2) is 24.3 Å². The number of rotatable bonds is 5. The maximum Gasteiger partial charge on any atom is 0.0242 e. The van der Waals surface area contributed by atoms with Crippen molar-refractivity contribution in [1.82, 2.24) is 0 Å². The van der Waals surface area contributed by atoms with E-state index in [1.807, 2.05) is 0 Å². The second-order valence-electron chi connectivity index (χ2n) is 6.06. The largest absolute Gasteiger partial charge is 0.115 e. The second kappa shape index (κ2) is 7.39. The fraction of sp³-hybridized carbons (Fsp3) is 0.579. The van der Waals surface area contributed by atoms with Crippen LogP contribution < -0.4 is 0 Å². The molecule has 19 heavy (non-hydrogen) atoms. The van der Waals surface area contributed by atoms with Crippen LogP contribution in [0.1, 0.15) is 63.0 Å². The van der Waals surface area contributed by atoms with E-state index in [0.717, 1.165) is 17.4 Å². The van der Waals surface area contributed by atoms with E-state index in [1.165, 1.54) is 56.9 Å². The van der Waals surface area contributed by atoms with Crippen LogP contribution in [-0.2, 0) is 6.42 Å². The zero-order valence-electron chi connectivity index (χ0n) is 12.2. The Morgan fingerprint density at radius 1 is 1.00 bits per heavy atom. The molecule has 0 heterocycles. The summed E-state index contributed by atoms with van der Waals surface area (Å²) < 4.78 is 0. The van der Waals surface area contributed by atoms with Crippen molar-refractivity contribution in [2.45, 2.75) is 58.3 Å². The summed E-state index contributed by atoms with van der Waals surface area (Å²) in [6, 6.07) is 8.51. The summed E-state index contributed by atoms with van der Waals surface area (Å²) in [7, 11) is 0. The van der Waals surface area contributed by atoms with E-state index in [9.17, 15) is 0 Å². The molecule has 1 fully saturated rings. The zero-order valence-corrected chi connectivity index (χ0v) is 12.2. The van der Waals surface area contributed by atoms with Gasteiger partial charge < -0.3 is 0 Å². The van der Waals surface area contributed by atoms with Crippen molar-refractivity contribution in [1.29, 1.82) is 0 Å². The van der Waals surface area contributed by atoms with Gasteiger partial charge in [0.25, 0.3) is 0 Å². The summed E-state index contributed by atoms with van der Waals surface area (Å²) in [6.45, 7) is 2.31. The normalized spacial score (nSPS) is 22.9. The van der Waals surface area contributed by atoms with E-state index < -0.39 is 0 Å². The molecule has 0 atom stereocenters. The summed E-state index contributed by atoms with van der Waals surface area (Å²) >= 11 is 0. The Morgan fingerprint density at radius 2 is 1.58 bits per heavy atom. The summed E-state index contributed by atoms with van der Waals surface area (Å²) in [5.74, 6) is 4.66. The molecule has 0 radical (unpaired) electrons. The average Bonchev–Trinajstić information content (AvgIpc) is 2.47. The highest BCUT2D eigenvalue weighted by molar-refractivity contribution is 5.34. The first kappa shape index (κ1) is 14.2. The van der Waals surface area contributed by atoms with Gasteiger partial charge in [-0.25, -0.2) is 0 Å². The summed E-state index contributed by atoms with van der Waals surface area (Å²) in [5.41, 5.74) is 2.43. The highest BCUT2D eigenvalue weighted by Gasteiger charge is 2.20. The molecule has 2 rings (SSSR count). The molecule has 0 nitrogen and oxygen atoms in total. The van der Waals surface area contributed by atoms with Crippen molar-refractivity contribution in [2.24, 2.45) is 11.8 Å². The monoisotopic (exact) mass is 254 g/mol. The number of hydrogen-bond donors (Lipinski definition) is 0. The first-order chi connectivity index (χ1) is 9.31. The van der Waals surface area contributed by atoms with Crippen LogP contribution in [0.4, 0.5) is 0 Å². The minimum Gasteiger partial charge on any atom is -0.115 e. The van der Waals surface area contributed by atoms with Crippen molar-refractivity contribution < 1.29 is 0 Å². The van der Waals surface area contributed by atoms with Gasteiger partial charge in [-0.1, -0.05) is 63.5 Å². The smallest absolute Gasteiger partial charge is 0.0242 e. The molecule has 0 N–H and O–H groups in total. The van der Waals surface area contributed by atoms with Gasteiger partial charge in [0.1, 0.15) is 0 Å². The third kappa shape index (κ3) is 4.43. The standard InChI is InChI=1S/C19H26/c1-3-5-17-10-12-19(13-11-17)15-14-18-8-6-16(4-2)7-9-18/h2,6-9,17,19H,3,5,10-15H2,1H3/t17-,19-. The Labute approximate surface area is 118 Å². The lowest BCUT2D eigenvalue weighted by atomic mass is 9.78. The molecule has 0 spiro atoms. The fourth-order valence-corrected chi connectivity index (χ4v) is 3.36. The first-order valence-corrected chi connectivity index (χ1v) is 7.87. The molecule has 1 aliphatic carbocycles. The predicted molar refractivity (Wildman–Crippen MR) is 83.1 cm³/mol. The molecule has 0 amide bonds. The molecule has 1 aliphatic rings. The van der Waals surface area contributed by atoms with Crippen LogP contribution in [0.5, 0.6) is 0 Å². The van der Waals surface area contributed by atoms with Crippen LogP contribution in [-0.4, -0.2) is 0 Å². The Hall–Kier alpha value is -1.22. The maximum absolute atomic E-state index is 5.38. The zero-order chi connectivity index (χ0) is 13.5. The minimum atomic E-state index is 0.959. The van der Waals surface area contributed by atoms with E-state index in [4.69, 9.17) is 6.42 Å². The lowest BCUT2D eigenvalue weighted by Crippen LogP contribution is -2.15. The van der Waals surface area contributed by atoms with Crippen LogP contribution in [0.2, 0.25) is 0 Å². The van der Waals surface area contributed by atoms with Gasteiger partial charge in [0.15, 0.2) is 0 Å². The SMILES string of the molecule is C#Cc1ccc(CC[C@H]2CC[C@H](CCC)CC2)cc1. The molecule has 1 aromatic rings. The number of benzene rings is 1. The van der Waals surface area contributed by atoms with Crippen LogP contribution in [0.25, 0.3) is 0 Å². The molecule has 0 heteroatoms. The summed E-state index contributed by atoms with van der Waals surface area (Å²) in [5, 5.41) is 0. The van der Waals surface area contributed by atoms with E-state index in [1.54, 1.807) is 0 Å². The van der Waals surface area contributed by atoms with Crippen LogP contribution in [0, 0.1) is 24.2 Å². The van der Waals surface area contributed by atoms with E-state index >= 15 is 0 Å². The molecule has 0 unspecified atom stereocenters. The maximum atomic E-state index is 5.38. The van der Waals surface area contributed by atoms with Gasteiger partial charge in [0.05, 0.1) is 0 Å². The topological polar surface area (TPSA) is 0 Å². The van der Waals surface area contributed by atoms with Gasteiger partial charge in [-0.2, -0.15) is 0 Å². The summed E-state index contributed by atoms with van der Waals surface area (Å²) in [4.78, 5) is 0. The number of aryl methyl sites for hydroxylation is 1. The molecule has 1 aromatic carbocycles. The van der Waals surface area contributed by atoms with Gasteiger partial charge in [0.2, 0.25) is 0 Å². The molecule has 1 saturated carbocycles. The van der Waals surface area contributed by atoms with Crippen LogP contribution >= 0.6 is 0 Å². The lowest BCUT2D eigenvalue weighted by Gasteiger charge is -2.28. The van der Waals surface area contributed by atoms with Gasteiger partial charge >= 0.3 is 0 Å². The van der Waals surface area contributed by atoms with Crippen molar-refractivity contribution in [3.63, 3.8) is 0 Å². The van der Waals surface area contributed by atoms with Crippen LogP contribution in [0.3, 0.4) is 0 Å². The third-order valence-electron chi connectivity index (χ3n) is 4.63. The first-order valence-electron chi connectivity index (χ1n) is 7.87. The highest BCUT2D eigenvalue weighted by atomic mass is 14.3. The summed E-state index contributed by atoms with van der Waals surface area (Å²) in [6.07, 6.45) is 16.6. The van der Waals surface area contributed by atoms with E-state index in [-0.39, 0.29) is 0 Å². The second-order valence-corrected chi connectivity index (χ2v) is 6.06. The molecule has 0 aromatic heterocycles. The van der Waals surface area contributed by atoms with Gasteiger partial charge in [0, 0.05) is 5.56 Å². The molecular formula is C19H26. The van der Waals surface area contributed by atoms with E-state index in [0.29, 0.717) is 0 Å². The molecule has 0 saturated heterocycles. The number of hydrogen-bond acceptors (Lipinski definition) is 0. The van der Waals surface area contributed by atoms with Crippen molar-refractivity contribution in [3.8, 4) is 12.3 Å². The predicted octanol–water partition coefficient (Wildman–Crippen LogP) is 5.21. The Bertz CT molecular complexity index is 399.